The molecule has 1 aliphatic carbocycles. The highest BCUT2D eigenvalue weighted by Crippen LogP contribution is 2.29. The number of H-pyrrole nitrogens is 1. The number of amides is 1. The molecule has 0 aliphatic heterocycles. The van der Waals surface area contributed by atoms with Crippen molar-refractivity contribution in [3.63, 3.8) is 0 Å². The largest absolute Gasteiger partial charge is 0.444 e. The maximum atomic E-state index is 12.9. The Morgan fingerprint density at radius 2 is 1.97 bits per heavy atom. The topological polar surface area (TPSA) is 69.1 Å². The summed E-state index contributed by atoms with van der Waals surface area (Å²) >= 11 is 0. The van der Waals surface area contributed by atoms with Crippen LogP contribution in [0.1, 0.15) is 45.6 Å². The Hall–Kier alpha value is -2.74. The maximum Gasteiger partial charge on any atom is 0.410 e. The van der Waals surface area contributed by atoms with Crippen molar-refractivity contribution in [3.8, 4) is 6.07 Å². The van der Waals surface area contributed by atoms with E-state index in [1.54, 1.807) is 0 Å². The maximum absolute atomic E-state index is 12.9. The van der Waals surface area contributed by atoms with Crippen molar-refractivity contribution in [1.29, 1.82) is 5.26 Å². The second kappa shape index (κ2) is 9.17. The lowest BCUT2D eigenvalue weighted by Gasteiger charge is -2.34. The number of carbonyl (C=O) groups is 1. The van der Waals surface area contributed by atoms with Crippen LogP contribution in [0, 0.1) is 23.2 Å². The molecule has 5 nitrogen and oxygen atoms in total. The minimum absolute atomic E-state index is 0.275. The minimum Gasteiger partial charge on any atom is -0.444 e. The van der Waals surface area contributed by atoms with Gasteiger partial charge in [-0.1, -0.05) is 30.4 Å². The number of aromatic amines is 1. The summed E-state index contributed by atoms with van der Waals surface area (Å²) in [5.41, 5.74) is 1.78. The van der Waals surface area contributed by atoms with Crippen molar-refractivity contribution in [1.82, 2.24) is 9.88 Å². The highest BCUT2D eigenvalue weighted by Gasteiger charge is 2.29. The zero-order chi connectivity index (χ0) is 20.9. The zero-order valence-corrected chi connectivity index (χ0v) is 17.6. The zero-order valence-electron chi connectivity index (χ0n) is 17.6. The van der Waals surface area contributed by atoms with Crippen LogP contribution >= 0.6 is 0 Å². The number of allylic oxidation sites excluding steroid dienone is 2. The average molecular weight is 394 g/mol. The van der Waals surface area contributed by atoms with Crippen LogP contribution in [0.3, 0.4) is 0 Å². The number of carbonyl (C=O) groups excluding carboxylic acids is 1. The fourth-order valence-corrected chi connectivity index (χ4v) is 3.98. The van der Waals surface area contributed by atoms with Crippen LogP contribution in [0.5, 0.6) is 0 Å². The summed E-state index contributed by atoms with van der Waals surface area (Å²) in [7, 11) is 0. The Morgan fingerprint density at radius 1 is 1.24 bits per heavy atom. The number of nitrogens with zero attached hydrogens (tertiary/aromatic N) is 2. The van der Waals surface area contributed by atoms with Crippen LogP contribution < -0.4 is 0 Å². The van der Waals surface area contributed by atoms with Gasteiger partial charge in [0.05, 0.1) is 6.07 Å². The first-order valence-electron chi connectivity index (χ1n) is 10.4. The molecule has 1 aromatic carbocycles. The normalized spacial score (nSPS) is 19.1. The molecular weight excluding hydrogens is 362 g/mol. The van der Waals surface area contributed by atoms with E-state index >= 15 is 0 Å². The van der Waals surface area contributed by atoms with Crippen molar-refractivity contribution < 1.29 is 9.53 Å². The van der Waals surface area contributed by atoms with Crippen molar-refractivity contribution in [2.75, 3.05) is 13.1 Å². The molecule has 0 spiro atoms. The van der Waals surface area contributed by atoms with E-state index in [-0.39, 0.29) is 12.0 Å². The molecule has 1 aromatic heterocycles. The number of hydrogen-bond acceptors (Lipinski definition) is 3. The predicted octanol–water partition coefficient (Wildman–Crippen LogP) is 5.44. The molecule has 1 aliphatic rings. The van der Waals surface area contributed by atoms with Gasteiger partial charge >= 0.3 is 6.09 Å². The van der Waals surface area contributed by atoms with Gasteiger partial charge in [-0.2, -0.15) is 5.26 Å². The van der Waals surface area contributed by atoms with Crippen LogP contribution in [-0.2, 0) is 11.2 Å². The molecule has 0 bridgehead atoms. The lowest BCUT2D eigenvalue weighted by molar-refractivity contribution is 0.0202. The Kier molecular flexibility index (Phi) is 6.64. The second-order valence-corrected chi connectivity index (χ2v) is 8.86. The first-order chi connectivity index (χ1) is 13.9. The predicted molar refractivity (Wildman–Crippen MR) is 115 cm³/mol. The number of nitrogens with one attached hydrogen (secondary N) is 1. The highest BCUT2D eigenvalue weighted by molar-refractivity contribution is 5.83. The van der Waals surface area contributed by atoms with E-state index in [0.29, 0.717) is 25.4 Å². The smallest absolute Gasteiger partial charge is 0.410 e. The SMILES string of the molecule is CC(C)(C)OC(=O)N(CCc1c[nH]c2ccccc12)C[C@@H]1CC=CC[C@@H]1CC#N. The summed E-state index contributed by atoms with van der Waals surface area (Å²) in [6, 6.07) is 10.5. The van der Waals surface area contributed by atoms with Crippen molar-refractivity contribution in [2.24, 2.45) is 11.8 Å². The molecule has 154 valence electrons. The van der Waals surface area contributed by atoms with Crippen LogP contribution in [0.25, 0.3) is 10.9 Å². The fraction of sp³-hybridized carbons (Fsp3) is 0.500. The van der Waals surface area contributed by atoms with Gasteiger partial charge in [-0.3, -0.25) is 0 Å². The van der Waals surface area contributed by atoms with Gasteiger partial charge in [-0.15, -0.1) is 0 Å². The van der Waals surface area contributed by atoms with Gasteiger partial charge in [-0.05, 0) is 63.5 Å². The first kappa shape index (κ1) is 21.0. The van der Waals surface area contributed by atoms with E-state index < -0.39 is 5.60 Å². The van der Waals surface area contributed by atoms with Gasteiger partial charge in [-0.25, -0.2) is 4.79 Å². The molecular formula is C24H31N3O2. The summed E-state index contributed by atoms with van der Waals surface area (Å²) < 4.78 is 5.69. The third-order valence-electron chi connectivity index (χ3n) is 5.50. The molecule has 0 saturated heterocycles. The molecule has 3 rings (SSSR count). The molecule has 2 atom stereocenters. The number of hydrogen-bond donors (Lipinski definition) is 1. The van der Waals surface area contributed by atoms with Gasteiger partial charge in [0.2, 0.25) is 0 Å². The van der Waals surface area contributed by atoms with E-state index in [1.165, 1.54) is 10.9 Å². The van der Waals surface area contributed by atoms with Gasteiger partial charge in [0.15, 0.2) is 0 Å². The Morgan fingerprint density at radius 3 is 2.69 bits per heavy atom. The number of benzene rings is 1. The van der Waals surface area contributed by atoms with E-state index in [2.05, 4.69) is 35.3 Å². The molecule has 0 saturated carbocycles. The number of para-hydroxylation sites is 1. The van der Waals surface area contributed by atoms with E-state index in [9.17, 15) is 10.1 Å². The second-order valence-electron chi connectivity index (χ2n) is 8.86. The Balaban J connectivity index is 1.74. The third kappa shape index (κ3) is 5.63. The number of nitriles is 1. The Bertz CT molecular complexity index is 901. The summed E-state index contributed by atoms with van der Waals surface area (Å²) in [6.07, 6.45) is 9.17. The van der Waals surface area contributed by atoms with Crippen LogP contribution in [0.15, 0.2) is 42.6 Å². The van der Waals surface area contributed by atoms with Crippen LogP contribution in [-0.4, -0.2) is 34.7 Å². The molecule has 0 fully saturated rings. The summed E-state index contributed by atoms with van der Waals surface area (Å²) in [6.45, 7) is 6.89. The van der Waals surface area contributed by atoms with Gasteiger partial charge in [0.1, 0.15) is 5.60 Å². The summed E-state index contributed by atoms with van der Waals surface area (Å²) in [4.78, 5) is 18.1. The summed E-state index contributed by atoms with van der Waals surface area (Å²) in [5, 5.41) is 10.4. The molecule has 5 heteroatoms. The van der Waals surface area contributed by atoms with Crippen molar-refractivity contribution in [3.05, 3.63) is 48.2 Å². The fourth-order valence-electron chi connectivity index (χ4n) is 3.98. The average Bonchev–Trinajstić information content (AvgIpc) is 3.08. The highest BCUT2D eigenvalue weighted by atomic mass is 16.6. The molecule has 0 unspecified atom stereocenters. The lowest BCUT2D eigenvalue weighted by atomic mass is 9.81. The number of aromatic nitrogens is 1. The van der Waals surface area contributed by atoms with E-state index in [0.717, 1.165) is 24.8 Å². The van der Waals surface area contributed by atoms with Gasteiger partial charge in [0.25, 0.3) is 0 Å². The molecule has 1 amide bonds. The van der Waals surface area contributed by atoms with Gasteiger partial charge in [0, 0.05) is 36.6 Å². The number of rotatable bonds is 6. The molecule has 1 heterocycles. The lowest BCUT2D eigenvalue weighted by Crippen LogP contribution is -2.42. The number of ether oxygens (including phenoxy) is 1. The Labute approximate surface area is 173 Å². The van der Waals surface area contributed by atoms with Crippen molar-refractivity contribution >= 4 is 17.0 Å². The van der Waals surface area contributed by atoms with Crippen LogP contribution in [0.4, 0.5) is 4.79 Å². The molecule has 0 radical (unpaired) electrons. The first-order valence-corrected chi connectivity index (χ1v) is 10.4. The number of fused-ring (bicyclic) bond motifs is 1. The molecule has 29 heavy (non-hydrogen) atoms. The molecule has 1 N–H and O–H groups in total. The summed E-state index contributed by atoms with van der Waals surface area (Å²) in [5.74, 6) is 0.582. The van der Waals surface area contributed by atoms with Crippen molar-refractivity contribution in [2.45, 2.75) is 52.1 Å². The quantitative estimate of drug-likeness (QED) is 0.664. The van der Waals surface area contributed by atoms with Gasteiger partial charge < -0.3 is 14.6 Å². The minimum atomic E-state index is -0.533. The van der Waals surface area contributed by atoms with Crippen LogP contribution in [0.2, 0.25) is 0 Å². The molecule has 2 aromatic rings. The standard InChI is InChI=1S/C24H31N3O2/c1-24(2,3)29-23(28)27(17-20-9-5-4-8-18(20)12-14-25)15-13-19-16-26-22-11-7-6-10-21(19)22/h4-7,10-11,16,18,20,26H,8-9,12-13,15,17H2,1-3H3/t18-,20+/m1/s1. The third-order valence-corrected chi connectivity index (χ3v) is 5.50. The monoisotopic (exact) mass is 393 g/mol. The van der Waals surface area contributed by atoms with E-state index in [1.807, 2.05) is 44.0 Å². The van der Waals surface area contributed by atoms with E-state index in [4.69, 9.17) is 4.74 Å².